The topological polar surface area (TPSA) is 84.0 Å². The summed E-state index contributed by atoms with van der Waals surface area (Å²) in [6, 6.07) is 23.7. The fraction of sp³-hybridized carbons (Fsp3) is 0.0435. The fourth-order valence-corrected chi connectivity index (χ4v) is 3.57. The Morgan fingerprint density at radius 2 is 1.47 bits per heavy atom. The summed E-state index contributed by atoms with van der Waals surface area (Å²) in [6.45, 7) is 1.96. The van der Waals surface area contributed by atoms with E-state index in [-0.39, 0.29) is 11.8 Å². The van der Waals surface area contributed by atoms with Gasteiger partial charge in [-0.2, -0.15) is 0 Å². The third-order valence-corrected chi connectivity index (χ3v) is 5.29. The summed E-state index contributed by atoms with van der Waals surface area (Å²) in [5, 5.41) is 14.9. The average molecular weight is 414 g/mol. The molecule has 0 atom stereocenters. The second-order valence-corrected chi connectivity index (χ2v) is 7.58. The molecule has 2 amide bonds. The molecule has 0 fully saturated rings. The van der Waals surface area contributed by atoms with Gasteiger partial charge in [-0.1, -0.05) is 71.5 Å². The summed E-state index contributed by atoms with van der Waals surface area (Å²) in [4.78, 5) is 25.4. The van der Waals surface area contributed by atoms with E-state index in [4.69, 9.17) is 0 Å². The van der Waals surface area contributed by atoms with E-state index in [0.29, 0.717) is 27.0 Å². The quantitative estimate of drug-likeness (QED) is 0.480. The van der Waals surface area contributed by atoms with Crippen molar-refractivity contribution in [2.24, 2.45) is 0 Å². The highest BCUT2D eigenvalue weighted by Crippen LogP contribution is 2.27. The molecule has 0 aliphatic carbocycles. The van der Waals surface area contributed by atoms with Crippen LogP contribution in [0.4, 0.5) is 10.8 Å². The second kappa shape index (κ2) is 8.67. The standard InChI is InChI=1S/C23H18N4O2S/c1-15-11-13-16(14-12-15)20(28)24-19-10-6-5-9-18(19)21(29)25-23-27-26-22(30-23)17-7-3-2-4-8-17/h2-14H,1H3,(H,24,28)(H,25,27,29). The Balaban J connectivity index is 1.50. The van der Waals surface area contributed by atoms with E-state index in [1.807, 2.05) is 49.4 Å². The van der Waals surface area contributed by atoms with Crippen molar-refractivity contribution in [3.05, 3.63) is 95.6 Å². The molecule has 2 N–H and O–H groups in total. The molecule has 4 aromatic rings. The van der Waals surface area contributed by atoms with Crippen LogP contribution in [0.25, 0.3) is 10.6 Å². The van der Waals surface area contributed by atoms with Crippen molar-refractivity contribution in [2.75, 3.05) is 10.6 Å². The molecule has 0 bridgehead atoms. The van der Waals surface area contributed by atoms with Gasteiger partial charge in [0.2, 0.25) is 5.13 Å². The smallest absolute Gasteiger partial charge is 0.259 e. The molecule has 1 heterocycles. The van der Waals surface area contributed by atoms with Gasteiger partial charge in [0.05, 0.1) is 11.3 Å². The van der Waals surface area contributed by atoms with Gasteiger partial charge in [-0.25, -0.2) is 0 Å². The number of anilines is 2. The van der Waals surface area contributed by atoms with Gasteiger partial charge in [0, 0.05) is 11.1 Å². The van der Waals surface area contributed by atoms with E-state index in [0.717, 1.165) is 11.1 Å². The van der Waals surface area contributed by atoms with Crippen molar-refractivity contribution in [1.29, 1.82) is 0 Å². The number of amides is 2. The van der Waals surface area contributed by atoms with Gasteiger partial charge in [-0.05, 0) is 31.2 Å². The lowest BCUT2D eigenvalue weighted by Gasteiger charge is -2.10. The predicted molar refractivity (Wildman–Crippen MR) is 119 cm³/mol. The maximum atomic E-state index is 12.8. The van der Waals surface area contributed by atoms with Crippen LogP contribution in [-0.4, -0.2) is 22.0 Å². The minimum absolute atomic E-state index is 0.280. The summed E-state index contributed by atoms with van der Waals surface area (Å²) in [6.07, 6.45) is 0. The van der Waals surface area contributed by atoms with Crippen LogP contribution in [0.5, 0.6) is 0 Å². The number of para-hydroxylation sites is 1. The third-order valence-electron chi connectivity index (χ3n) is 4.40. The molecule has 0 saturated carbocycles. The molecule has 1 aromatic heterocycles. The highest BCUT2D eigenvalue weighted by atomic mass is 32.1. The first-order valence-electron chi connectivity index (χ1n) is 9.27. The summed E-state index contributed by atoms with van der Waals surface area (Å²) >= 11 is 1.29. The molecule has 0 unspecified atom stereocenters. The van der Waals surface area contributed by atoms with Gasteiger partial charge in [-0.15, -0.1) is 10.2 Å². The van der Waals surface area contributed by atoms with Gasteiger partial charge >= 0.3 is 0 Å². The summed E-state index contributed by atoms with van der Waals surface area (Å²) in [5.74, 6) is -0.650. The van der Waals surface area contributed by atoms with E-state index >= 15 is 0 Å². The number of carbonyl (C=O) groups excluding carboxylic acids is 2. The summed E-state index contributed by atoms with van der Waals surface area (Å²) in [5.41, 5.74) is 3.29. The van der Waals surface area contributed by atoms with Crippen LogP contribution in [0.1, 0.15) is 26.3 Å². The van der Waals surface area contributed by atoms with Crippen LogP contribution in [0.3, 0.4) is 0 Å². The highest BCUT2D eigenvalue weighted by Gasteiger charge is 2.16. The van der Waals surface area contributed by atoms with Crippen LogP contribution in [-0.2, 0) is 0 Å². The van der Waals surface area contributed by atoms with Gasteiger partial charge in [0.1, 0.15) is 5.01 Å². The third kappa shape index (κ3) is 4.42. The zero-order valence-corrected chi connectivity index (χ0v) is 16.9. The largest absolute Gasteiger partial charge is 0.321 e. The Hall–Kier alpha value is -3.84. The lowest BCUT2D eigenvalue weighted by atomic mass is 10.1. The van der Waals surface area contributed by atoms with Crippen LogP contribution in [0.15, 0.2) is 78.9 Å². The lowest BCUT2D eigenvalue weighted by Crippen LogP contribution is -2.18. The SMILES string of the molecule is Cc1ccc(C(=O)Nc2ccccc2C(=O)Nc2nnc(-c3ccccc3)s2)cc1. The zero-order valence-electron chi connectivity index (χ0n) is 16.1. The van der Waals surface area contributed by atoms with Crippen molar-refractivity contribution in [3.63, 3.8) is 0 Å². The number of benzene rings is 3. The number of nitrogens with one attached hydrogen (secondary N) is 2. The van der Waals surface area contributed by atoms with Gasteiger partial charge < -0.3 is 5.32 Å². The van der Waals surface area contributed by atoms with Crippen molar-refractivity contribution in [1.82, 2.24) is 10.2 Å². The van der Waals surface area contributed by atoms with Crippen molar-refractivity contribution < 1.29 is 9.59 Å². The lowest BCUT2D eigenvalue weighted by molar-refractivity contribution is 0.102. The van der Waals surface area contributed by atoms with Crippen molar-refractivity contribution in [3.8, 4) is 10.6 Å². The Morgan fingerprint density at radius 1 is 0.767 bits per heavy atom. The molecule has 7 heteroatoms. The minimum Gasteiger partial charge on any atom is -0.321 e. The molecule has 0 spiro atoms. The molecule has 148 valence electrons. The molecule has 3 aromatic carbocycles. The maximum Gasteiger partial charge on any atom is 0.259 e. The highest BCUT2D eigenvalue weighted by molar-refractivity contribution is 7.18. The van der Waals surface area contributed by atoms with Crippen LogP contribution < -0.4 is 10.6 Å². The molecule has 0 aliphatic rings. The molecular weight excluding hydrogens is 396 g/mol. The minimum atomic E-state index is -0.370. The normalized spacial score (nSPS) is 10.4. The van der Waals surface area contributed by atoms with Crippen molar-refractivity contribution in [2.45, 2.75) is 6.92 Å². The second-order valence-electron chi connectivity index (χ2n) is 6.60. The van der Waals surface area contributed by atoms with Crippen molar-refractivity contribution >= 4 is 34.0 Å². The van der Waals surface area contributed by atoms with Crippen LogP contribution in [0, 0.1) is 6.92 Å². The van der Waals surface area contributed by atoms with E-state index < -0.39 is 0 Å². The first-order chi connectivity index (χ1) is 14.6. The number of aryl methyl sites for hydroxylation is 1. The molecule has 0 aliphatic heterocycles. The number of carbonyl (C=O) groups is 2. The first-order valence-corrected chi connectivity index (χ1v) is 10.1. The van der Waals surface area contributed by atoms with Crippen LogP contribution >= 0.6 is 11.3 Å². The number of aromatic nitrogens is 2. The van der Waals surface area contributed by atoms with Crippen LogP contribution in [0.2, 0.25) is 0 Å². The molecule has 4 rings (SSSR count). The van der Waals surface area contributed by atoms with E-state index in [1.165, 1.54) is 11.3 Å². The molecule has 0 radical (unpaired) electrons. The molecule has 30 heavy (non-hydrogen) atoms. The Morgan fingerprint density at radius 3 is 2.23 bits per heavy atom. The van der Waals surface area contributed by atoms with Gasteiger partial charge in [0.15, 0.2) is 0 Å². The van der Waals surface area contributed by atoms with Gasteiger partial charge in [0.25, 0.3) is 11.8 Å². The van der Waals surface area contributed by atoms with Gasteiger partial charge in [-0.3, -0.25) is 14.9 Å². The van der Waals surface area contributed by atoms with E-state index in [1.54, 1.807) is 36.4 Å². The fourth-order valence-electron chi connectivity index (χ4n) is 2.83. The number of rotatable bonds is 5. The molecular formula is C23H18N4O2S. The van der Waals surface area contributed by atoms with E-state index in [2.05, 4.69) is 20.8 Å². The Bertz CT molecular complexity index is 1190. The molecule has 0 saturated heterocycles. The molecule has 6 nitrogen and oxygen atoms in total. The Labute approximate surface area is 177 Å². The maximum absolute atomic E-state index is 12.8. The summed E-state index contributed by atoms with van der Waals surface area (Å²) in [7, 11) is 0. The Kier molecular flexibility index (Phi) is 5.63. The zero-order chi connectivity index (χ0) is 20.9. The summed E-state index contributed by atoms with van der Waals surface area (Å²) < 4.78 is 0. The number of hydrogen-bond acceptors (Lipinski definition) is 5. The first kappa shape index (κ1) is 19.5. The number of nitrogens with zero attached hydrogens (tertiary/aromatic N) is 2. The predicted octanol–water partition coefficient (Wildman–Crippen LogP) is 5.02. The monoisotopic (exact) mass is 414 g/mol. The number of hydrogen-bond donors (Lipinski definition) is 2. The van der Waals surface area contributed by atoms with E-state index in [9.17, 15) is 9.59 Å². The average Bonchev–Trinajstić information content (AvgIpc) is 3.23.